The summed E-state index contributed by atoms with van der Waals surface area (Å²) in [5, 5.41) is 1.57. The fourth-order valence-electron chi connectivity index (χ4n) is 1.13. The first kappa shape index (κ1) is 8.72. The van der Waals surface area contributed by atoms with Crippen molar-refractivity contribution in [1.29, 1.82) is 0 Å². The van der Waals surface area contributed by atoms with Gasteiger partial charge in [-0.3, -0.25) is 0 Å². The van der Waals surface area contributed by atoms with Crippen molar-refractivity contribution in [3.05, 3.63) is 16.8 Å². The second-order valence-electron chi connectivity index (χ2n) is 2.59. The van der Waals surface area contributed by atoms with Crippen LogP contribution < -0.4 is 4.74 Å². The number of ether oxygens (including phenoxy) is 1. The summed E-state index contributed by atoms with van der Waals surface area (Å²) < 4.78 is 9.17. The minimum Gasteiger partial charge on any atom is -0.481 e. The van der Waals surface area contributed by atoms with E-state index in [-0.39, 0.29) is 0 Å². The highest BCUT2D eigenvalue weighted by atomic mass is 35.5. The Hall–Kier alpha value is -0.870. The summed E-state index contributed by atoms with van der Waals surface area (Å²) in [6, 6.07) is 1.70. The standard InChI is InChI=1S/C8H7ClN2OS/c1-4-7-5(9)3-6(12-2)10-8(7)13-11-4/h3H,1-2H3. The van der Waals surface area contributed by atoms with E-state index in [2.05, 4.69) is 9.36 Å². The lowest BCUT2D eigenvalue weighted by molar-refractivity contribution is 0.400. The number of hydrogen-bond acceptors (Lipinski definition) is 4. The van der Waals surface area contributed by atoms with E-state index >= 15 is 0 Å². The molecule has 68 valence electrons. The molecule has 0 amide bonds. The smallest absolute Gasteiger partial charge is 0.215 e. The third kappa shape index (κ3) is 1.36. The van der Waals surface area contributed by atoms with Crippen molar-refractivity contribution in [2.75, 3.05) is 7.11 Å². The lowest BCUT2D eigenvalue weighted by Crippen LogP contribution is -1.86. The quantitative estimate of drug-likeness (QED) is 0.732. The summed E-state index contributed by atoms with van der Waals surface area (Å²) in [5.74, 6) is 0.529. The first-order valence-electron chi connectivity index (χ1n) is 3.69. The van der Waals surface area contributed by atoms with Crippen LogP contribution in [0.15, 0.2) is 6.07 Å². The van der Waals surface area contributed by atoms with Crippen molar-refractivity contribution in [2.24, 2.45) is 0 Å². The molecule has 0 aliphatic rings. The monoisotopic (exact) mass is 214 g/mol. The number of methoxy groups -OCH3 is 1. The number of hydrogen-bond donors (Lipinski definition) is 0. The predicted molar refractivity (Wildman–Crippen MR) is 53.7 cm³/mol. The summed E-state index contributed by atoms with van der Waals surface area (Å²) in [6.07, 6.45) is 0. The Kier molecular flexibility index (Phi) is 2.09. The van der Waals surface area contributed by atoms with Crippen molar-refractivity contribution in [3.63, 3.8) is 0 Å². The summed E-state index contributed by atoms with van der Waals surface area (Å²) in [6.45, 7) is 1.92. The van der Waals surface area contributed by atoms with Gasteiger partial charge >= 0.3 is 0 Å². The van der Waals surface area contributed by atoms with Crippen LogP contribution in [0.3, 0.4) is 0 Å². The molecule has 0 spiro atoms. The molecule has 2 aromatic heterocycles. The predicted octanol–water partition coefficient (Wildman–Crippen LogP) is 2.66. The van der Waals surface area contributed by atoms with Gasteiger partial charge in [0, 0.05) is 6.07 Å². The van der Waals surface area contributed by atoms with Gasteiger partial charge in [0.2, 0.25) is 5.88 Å². The Bertz CT molecular complexity index is 455. The van der Waals surface area contributed by atoms with Gasteiger partial charge in [-0.2, -0.15) is 4.37 Å². The average molecular weight is 215 g/mol. The van der Waals surface area contributed by atoms with Crippen molar-refractivity contribution in [2.45, 2.75) is 6.92 Å². The molecule has 0 aliphatic carbocycles. The van der Waals surface area contributed by atoms with Crippen LogP contribution in [-0.4, -0.2) is 16.5 Å². The second kappa shape index (κ2) is 3.12. The van der Waals surface area contributed by atoms with Gasteiger partial charge < -0.3 is 4.74 Å². The number of fused-ring (bicyclic) bond motifs is 1. The van der Waals surface area contributed by atoms with Gasteiger partial charge in [0.25, 0.3) is 0 Å². The van der Waals surface area contributed by atoms with Gasteiger partial charge in [0.05, 0.1) is 23.2 Å². The molecule has 0 radical (unpaired) electrons. The molecule has 0 saturated carbocycles. The molecular weight excluding hydrogens is 208 g/mol. The van der Waals surface area contributed by atoms with Crippen LogP contribution in [0.25, 0.3) is 10.2 Å². The fraction of sp³-hybridized carbons (Fsp3) is 0.250. The van der Waals surface area contributed by atoms with Crippen LogP contribution in [0.4, 0.5) is 0 Å². The first-order chi connectivity index (χ1) is 6.22. The van der Waals surface area contributed by atoms with E-state index in [0.29, 0.717) is 10.9 Å². The van der Waals surface area contributed by atoms with Gasteiger partial charge in [-0.05, 0) is 18.5 Å². The molecule has 0 aromatic carbocycles. The van der Waals surface area contributed by atoms with Crippen molar-refractivity contribution in [1.82, 2.24) is 9.36 Å². The topological polar surface area (TPSA) is 35.0 Å². The van der Waals surface area contributed by atoms with E-state index in [1.165, 1.54) is 11.5 Å². The number of nitrogens with zero attached hydrogens (tertiary/aromatic N) is 2. The summed E-state index contributed by atoms with van der Waals surface area (Å²) in [5.41, 5.74) is 0.917. The zero-order valence-corrected chi connectivity index (χ0v) is 8.74. The summed E-state index contributed by atoms with van der Waals surface area (Å²) in [4.78, 5) is 5.05. The van der Waals surface area contributed by atoms with Crippen molar-refractivity contribution in [3.8, 4) is 5.88 Å². The van der Waals surface area contributed by atoms with Crippen LogP contribution >= 0.6 is 23.1 Å². The van der Waals surface area contributed by atoms with Crippen LogP contribution in [0.2, 0.25) is 5.02 Å². The molecule has 0 saturated heterocycles. The fourth-order valence-corrected chi connectivity index (χ4v) is 2.30. The molecule has 13 heavy (non-hydrogen) atoms. The molecule has 2 aromatic rings. The molecule has 0 aliphatic heterocycles. The zero-order chi connectivity index (χ0) is 9.42. The average Bonchev–Trinajstić information content (AvgIpc) is 2.48. The maximum absolute atomic E-state index is 6.03. The highest BCUT2D eigenvalue weighted by Crippen LogP contribution is 2.30. The van der Waals surface area contributed by atoms with E-state index in [9.17, 15) is 0 Å². The minimum absolute atomic E-state index is 0.529. The minimum atomic E-state index is 0.529. The Balaban J connectivity index is 2.79. The third-order valence-electron chi connectivity index (χ3n) is 1.75. The summed E-state index contributed by atoms with van der Waals surface area (Å²) in [7, 11) is 1.57. The zero-order valence-electron chi connectivity index (χ0n) is 7.17. The largest absolute Gasteiger partial charge is 0.481 e. The SMILES string of the molecule is COc1cc(Cl)c2c(C)nsc2n1. The van der Waals surface area contributed by atoms with E-state index < -0.39 is 0 Å². The highest BCUT2D eigenvalue weighted by Gasteiger charge is 2.09. The van der Waals surface area contributed by atoms with Gasteiger partial charge in [0.15, 0.2) is 0 Å². The molecular formula is C8H7ClN2OS. The molecule has 0 N–H and O–H groups in total. The molecule has 0 bridgehead atoms. The second-order valence-corrected chi connectivity index (χ2v) is 3.75. The van der Waals surface area contributed by atoms with Gasteiger partial charge in [-0.1, -0.05) is 11.6 Å². The number of aryl methyl sites for hydroxylation is 1. The van der Waals surface area contributed by atoms with E-state index in [1.54, 1.807) is 13.2 Å². The van der Waals surface area contributed by atoms with Crippen molar-refractivity contribution < 1.29 is 4.74 Å². The molecule has 2 rings (SSSR count). The number of pyridine rings is 1. The molecule has 0 fully saturated rings. The third-order valence-corrected chi connectivity index (χ3v) is 2.89. The van der Waals surface area contributed by atoms with Gasteiger partial charge in [-0.15, -0.1) is 0 Å². The Labute approximate surface area is 84.5 Å². The molecule has 5 heteroatoms. The first-order valence-corrected chi connectivity index (χ1v) is 4.84. The maximum Gasteiger partial charge on any atom is 0.215 e. The van der Waals surface area contributed by atoms with Crippen LogP contribution in [0.5, 0.6) is 5.88 Å². The number of rotatable bonds is 1. The normalized spacial score (nSPS) is 10.7. The Morgan fingerprint density at radius 3 is 3.00 bits per heavy atom. The number of aromatic nitrogens is 2. The molecule has 3 nitrogen and oxygen atoms in total. The van der Waals surface area contributed by atoms with Gasteiger partial charge in [0.1, 0.15) is 4.83 Å². The van der Waals surface area contributed by atoms with E-state index in [4.69, 9.17) is 16.3 Å². The van der Waals surface area contributed by atoms with Crippen LogP contribution in [-0.2, 0) is 0 Å². The van der Waals surface area contributed by atoms with E-state index in [1.807, 2.05) is 6.92 Å². The lowest BCUT2D eigenvalue weighted by Gasteiger charge is -1.99. The van der Waals surface area contributed by atoms with Gasteiger partial charge in [-0.25, -0.2) is 4.98 Å². The molecule has 0 unspecified atom stereocenters. The highest BCUT2D eigenvalue weighted by molar-refractivity contribution is 7.13. The van der Waals surface area contributed by atoms with Crippen molar-refractivity contribution >= 4 is 33.4 Å². The van der Waals surface area contributed by atoms with E-state index in [0.717, 1.165) is 15.9 Å². The molecule has 2 heterocycles. The Morgan fingerprint density at radius 1 is 1.54 bits per heavy atom. The maximum atomic E-state index is 6.03. The Morgan fingerprint density at radius 2 is 2.31 bits per heavy atom. The van der Waals surface area contributed by atoms with Crippen LogP contribution in [0.1, 0.15) is 5.69 Å². The molecule has 0 atom stereocenters. The summed E-state index contributed by atoms with van der Waals surface area (Å²) >= 11 is 7.37. The van der Waals surface area contributed by atoms with Crippen LogP contribution in [0, 0.1) is 6.92 Å². The number of halogens is 1. The lowest BCUT2D eigenvalue weighted by atomic mass is 10.3.